The molecule has 2 nitrogen and oxygen atoms in total. The van der Waals surface area contributed by atoms with Gasteiger partial charge in [0, 0.05) is 31.2 Å². The molecule has 0 unspecified atom stereocenters. The minimum atomic E-state index is 0.570. The van der Waals surface area contributed by atoms with Crippen LogP contribution in [-0.2, 0) is 6.54 Å². The van der Waals surface area contributed by atoms with E-state index in [4.69, 9.17) is 23.2 Å². The summed E-state index contributed by atoms with van der Waals surface area (Å²) in [6, 6.07) is 9.70. The van der Waals surface area contributed by atoms with Crippen LogP contribution in [0.4, 0.5) is 5.69 Å². The molecule has 0 spiro atoms. The van der Waals surface area contributed by atoms with Crippen LogP contribution in [0.25, 0.3) is 0 Å². The average Bonchev–Trinajstić information content (AvgIpc) is 2.47. The SMILES string of the molecule is C/C=C/CN(Cc1cccnc1)c1ccc(Cl)c(Cl)c1. The number of aromatic nitrogens is 1. The second kappa shape index (κ2) is 7.32. The maximum absolute atomic E-state index is 6.11. The van der Waals surface area contributed by atoms with E-state index in [0.717, 1.165) is 24.3 Å². The number of pyridine rings is 1. The standard InChI is InChI=1S/C16H16Cl2N2/c1-2-3-9-20(12-13-5-4-8-19-11-13)14-6-7-15(17)16(18)10-14/h2-8,10-11H,9,12H2,1H3/b3-2+. The summed E-state index contributed by atoms with van der Waals surface area (Å²) in [7, 11) is 0. The van der Waals surface area contributed by atoms with Crippen LogP contribution in [0.1, 0.15) is 12.5 Å². The van der Waals surface area contributed by atoms with E-state index in [1.807, 2.05) is 43.5 Å². The largest absolute Gasteiger partial charge is 0.363 e. The summed E-state index contributed by atoms with van der Waals surface area (Å²) in [6.45, 7) is 3.59. The molecular formula is C16H16Cl2N2. The molecule has 104 valence electrons. The van der Waals surface area contributed by atoms with Gasteiger partial charge in [0.15, 0.2) is 0 Å². The van der Waals surface area contributed by atoms with E-state index in [1.165, 1.54) is 0 Å². The Morgan fingerprint density at radius 1 is 1.20 bits per heavy atom. The topological polar surface area (TPSA) is 16.1 Å². The molecule has 0 aliphatic carbocycles. The fraction of sp³-hybridized carbons (Fsp3) is 0.188. The normalized spacial score (nSPS) is 10.9. The number of anilines is 1. The molecule has 1 aromatic heterocycles. The predicted octanol–water partition coefficient (Wildman–Crippen LogP) is 4.97. The summed E-state index contributed by atoms with van der Waals surface area (Å²) in [4.78, 5) is 6.37. The highest BCUT2D eigenvalue weighted by Crippen LogP contribution is 2.28. The molecule has 0 atom stereocenters. The quantitative estimate of drug-likeness (QED) is 0.725. The number of benzene rings is 1. The van der Waals surface area contributed by atoms with Crippen molar-refractivity contribution in [3.63, 3.8) is 0 Å². The van der Waals surface area contributed by atoms with Crippen molar-refractivity contribution in [3.05, 3.63) is 70.5 Å². The molecular weight excluding hydrogens is 291 g/mol. The Balaban J connectivity index is 2.24. The molecule has 1 aromatic carbocycles. The fourth-order valence-electron chi connectivity index (χ4n) is 1.89. The zero-order valence-corrected chi connectivity index (χ0v) is 12.8. The molecule has 0 saturated heterocycles. The zero-order valence-electron chi connectivity index (χ0n) is 11.3. The maximum Gasteiger partial charge on any atom is 0.0612 e. The lowest BCUT2D eigenvalue weighted by Gasteiger charge is -2.24. The van der Waals surface area contributed by atoms with Crippen molar-refractivity contribution in [1.29, 1.82) is 0 Å². The Bertz CT molecular complexity index is 582. The summed E-state index contributed by atoms with van der Waals surface area (Å²) in [6.07, 6.45) is 7.80. The summed E-state index contributed by atoms with van der Waals surface area (Å²) in [5.74, 6) is 0. The Morgan fingerprint density at radius 2 is 2.05 bits per heavy atom. The number of hydrogen-bond acceptors (Lipinski definition) is 2. The van der Waals surface area contributed by atoms with Crippen molar-refractivity contribution in [2.45, 2.75) is 13.5 Å². The van der Waals surface area contributed by atoms with Gasteiger partial charge < -0.3 is 4.90 Å². The molecule has 1 heterocycles. The average molecular weight is 307 g/mol. The monoisotopic (exact) mass is 306 g/mol. The van der Waals surface area contributed by atoms with Gasteiger partial charge in [0.1, 0.15) is 0 Å². The van der Waals surface area contributed by atoms with Crippen molar-refractivity contribution in [1.82, 2.24) is 4.98 Å². The molecule has 4 heteroatoms. The number of nitrogens with zero attached hydrogens (tertiary/aromatic N) is 2. The van der Waals surface area contributed by atoms with Gasteiger partial charge in [0.2, 0.25) is 0 Å². The summed E-state index contributed by atoms with van der Waals surface area (Å²) in [5, 5.41) is 1.14. The molecule has 0 aliphatic heterocycles. The number of halogens is 2. The van der Waals surface area contributed by atoms with Crippen LogP contribution < -0.4 is 4.90 Å². The predicted molar refractivity (Wildman–Crippen MR) is 86.6 cm³/mol. The summed E-state index contributed by atoms with van der Waals surface area (Å²) in [5.41, 5.74) is 2.20. The minimum absolute atomic E-state index is 0.570. The molecule has 2 rings (SSSR count). The van der Waals surface area contributed by atoms with Gasteiger partial charge in [-0.2, -0.15) is 0 Å². The zero-order chi connectivity index (χ0) is 14.4. The van der Waals surface area contributed by atoms with E-state index in [1.54, 1.807) is 6.20 Å². The Kier molecular flexibility index (Phi) is 5.45. The molecule has 0 fully saturated rings. The highest BCUT2D eigenvalue weighted by atomic mass is 35.5. The molecule has 0 amide bonds. The van der Waals surface area contributed by atoms with Crippen molar-refractivity contribution in [2.24, 2.45) is 0 Å². The maximum atomic E-state index is 6.11. The first-order chi connectivity index (χ1) is 9.70. The molecule has 0 aliphatic rings. The second-order valence-electron chi connectivity index (χ2n) is 4.41. The number of rotatable bonds is 5. The van der Waals surface area contributed by atoms with Crippen molar-refractivity contribution in [3.8, 4) is 0 Å². The van der Waals surface area contributed by atoms with Gasteiger partial charge in [-0.3, -0.25) is 4.98 Å². The molecule has 0 N–H and O–H groups in total. The van der Waals surface area contributed by atoms with E-state index >= 15 is 0 Å². The number of hydrogen-bond donors (Lipinski definition) is 0. The van der Waals surface area contributed by atoms with Gasteiger partial charge in [-0.05, 0) is 36.8 Å². The van der Waals surface area contributed by atoms with Gasteiger partial charge in [0.05, 0.1) is 10.0 Å². The Morgan fingerprint density at radius 3 is 2.70 bits per heavy atom. The first-order valence-electron chi connectivity index (χ1n) is 6.40. The van der Waals surface area contributed by atoms with Gasteiger partial charge in [-0.25, -0.2) is 0 Å². The molecule has 0 bridgehead atoms. The van der Waals surface area contributed by atoms with Gasteiger partial charge in [-0.15, -0.1) is 0 Å². The smallest absolute Gasteiger partial charge is 0.0612 e. The van der Waals surface area contributed by atoms with Crippen LogP contribution in [0.15, 0.2) is 54.9 Å². The van der Waals surface area contributed by atoms with Crippen LogP contribution in [-0.4, -0.2) is 11.5 Å². The van der Waals surface area contributed by atoms with E-state index < -0.39 is 0 Å². The highest BCUT2D eigenvalue weighted by molar-refractivity contribution is 6.42. The van der Waals surface area contributed by atoms with Crippen LogP contribution in [0.3, 0.4) is 0 Å². The third-order valence-corrected chi connectivity index (χ3v) is 3.67. The van der Waals surface area contributed by atoms with E-state index in [9.17, 15) is 0 Å². The summed E-state index contributed by atoms with van der Waals surface area (Å²) < 4.78 is 0. The third-order valence-electron chi connectivity index (χ3n) is 2.93. The van der Waals surface area contributed by atoms with Crippen molar-refractivity contribution >= 4 is 28.9 Å². The van der Waals surface area contributed by atoms with E-state index in [-0.39, 0.29) is 0 Å². The Labute approximate surface area is 129 Å². The first-order valence-corrected chi connectivity index (χ1v) is 7.16. The van der Waals surface area contributed by atoms with Crippen LogP contribution >= 0.6 is 23.2 Å². The van der Waals surface area contributed by atoms with Gasteiger partial charge in [0.25, 0.3) is 0 Å². The highest BCUT2D eigenvalue weighted by Gasteiger charge is 2.08. The fourth-order valence-corrected chi connectivity index (χ4v) is 2.18. The van der Waals surface area contributed by atoms with Crippen molar-refractivity contribution in [2.75, 3.05) is 11.4 Å². The van der Waals surface area contributed by atoms with Crippen LogP contribution in [0.5, 0.6) is 0 Å². The lowest BCUT2D eigenvalue weighted by Crippen LogP contribution is -2.22. The summed E-state index contributed by atoms with van der Waals surface area (Å²) >= 11 is 12.1. The lowest BCUT2D eigenvalue weighted by atomic mass is 10.2. The minimum Gasteiger partial charge on any atom is -0.363 e. The van der Waals surface area contributed by atoms with E-state index in [2.05, 4.69) is 22.0 Å². The van der Waals surface area contributed by atoms with E-state index in [0.29, 0.717) is 10.0 Å². The van der Waals surface area contributed by atoms with Crippen molar-refractivity contribution < 1.29 is 0 Å². The molecule has 2 aromatic rings. The first kappa shape index (κ1) is 14.9. The molecule has 0 radical (unpaired) electrons. The Hall–Kier alpha value is -1.51. The van der Waals surface area contributed by atoms with Crippen LogP contribution in [0, 0.1) is 0 Å². The van der Waals surface area contributed by atoms with Crippen LogP contribution in [0.2, 0.25) is 10.0 Å². The molecule has 0 saturated carbocycles. The molecule has 20 heavy (non-hydrogen) atoms. The second-order valence-corrected chi connectivity index (χ2v) is 5.22. The number of allylic oxidation sites excluding steroid dienone is 1. The van der Waals surface area contributed by atoms with Gasteiger partial charge >= 0.3 is 0 Å². The third kappa shape index (κ3) is 3.99. The lowest BCUT2D eigenvalue weighted by molar-refractivity contribution is 0.861. The van der Waals surface area contributed by atoms with Gasteiger partial charge in [-0.1, -0.05) is 41.4 Å².